The Bertz CT molecular complexity index is 506. The summed E-state index contributed by atoms with van der Waals surface area (Å²) in [6, 6.07) is 3.81. The topological polar surface area (TPSA) is 22.1 Å². The maximum absolute atomic E-state index is 13.0. The standard InChI is InChI=1S/C10H20F2.C7H9NO.C6H10/c1-4-6-7-10(11,12)8-9(3)5-2;1-6-3-4-7(9-2)8-5-6;1-2-6-4-3-5-6/h9H,4-8H2,1-3H3;3-5H,1-2H3;2H,3-5H2,1H3. The Hall–Kier alpha value is -1.45. The molecule has 0 amide bonds. The van der Waals surface area contributed by atoms with Gasteiger partial charge in [0.25, 0.3) is 0 Å². The first-order valence-electron chi connectivity index (χ1n) is 10.3. The molecule has 1 saturated carbocycles. The third-order valence-electron chi connectivity index (χ3n) is 4.74. The number of aryl methyl sites for hydroxylation is 1. The van der Waals surface area contributed by atoms with E-state index in [2.05, 4.69) is 18.0 Å². The SMILES string of the molecule is CC=C1CCC1.CCCCC(F)(F)CC(C)CC.COc1ccc(C)cn1. The number of halogens is 2. The summed E-state index contributed by atoms with van der Waals surface area (Å²) in [5, 5.41) is 0. The summed E-state index contributed by atoms with van der Waals surface area (Å²) in [6.07, 6.45) is 10.6. The van der Waals surface area contributed by atoms with Crippen molar-refractivity contribution in [2.75, 3.05) is 7.11 Å². The summed E-state index contributed by atoms with van der Waals surface area (Å²) in [7, 11) is 1.61. The van der Waals surface area contributed by atoms with E-state index in [1.165, 1.54) is 19.3 Å². The Kier molecular flexibility index (Phi) is 13.8. The van der Waals surface area contributed by atoms with Crippen LogP contribution in [0.3, 0.4) is 0 Å². The van der Waals surface area contributed by atoms with Gasteiger partial charge in [0.2, 0.25) is 11.8 Å². The predicted molar refractivity (Wildman–Crippen MR) is 112 cm³/mol. The largest absolute Gasteiger partial charge is 0.481 e. The second kappa shape index (κ2) is 14.6. The van der Waals surface area contributed by atoms with Gasteiger partial charge in [0.05, 0.1) is 7.11 Å². The fourth-order valence-electron chi connectivity index (χ4n) is 2.44. The van der Waals surface area contributed by atoms with E-state index in [9.17, 15) is 8.78 Å². The van der Waals surface area contributed by atoms with Crippen molar-refractivity contribution in [2.24, 2.45) is 5.92 Å². The number of aromatic nitrogens is 1. The van der Waals surface area contributed by atoms with E-state index in [4.69, 9.17) is 4.74 Å². The van der Waals surface area contributed by atoms with Crippen molar-refractivity contribution in [2.45, 2.75) is 91.9 Å². The average Bonchev–Trinajstić information content (AvgIpc) is 2.60. The number of rotatable bonds is 7. The summed E-state index contributed by atoms with van der Waals surface area (Å²) < 4.78 is 31.0. The zero-order chi connectivity index (χ0) is 20.7. The molecule has 1 aromatic heterocycles. The molecule has 27 heavy (non-hydrogen) atoms. The van der Waals surface area contributed by atoms with Gasteiger partial charge in [-0.1, -0.05) is 51.3 Å². The maximum atomic E-state index is 13.0. The van der Waals surface area contributed by atoms with Crippen molar-refractivity contribution in [1.29, 1.82) is 0 Å². The molecule has 1 aliphatic carbocycles. The highest BCUT2D eigenvalue weighted by Crippen LogP contribution is 2.30. The van der Waals surface area contributed by atoms with Crippen LogP contribution in [0.4, 0.5) is 8.78 Å². The Morgan fingerprint density at radius 1 is 1.26 bits per heavy atom. The van der Waals surface area contributed by atoms with Gasteiger partial charge in [0.1, 0.15) is 0 Å². The number of pyridine rings is 1. The normalized spacial score (nSPS) is 14.0. The minimum Gasteiger partial charge on any atom is -0.481 e. The Balaban J connectivity index is 0.000000395. The van der Waals surface area contributed by atoms with Crippen LogP contribution in [0.1, 0.15) is 84.6 Å². The lowest BCUT2D eigenvalue weighted by molar-refractivity contribution is -0.0310. The molecule has 4 heteroatoms. The first kappa shape index (κ1) is 25.6. The van der Waals surface area contributed by atoms with Crippen LogP contribution >= 0.6 is 0 Å². The number of hydrogen-bond donors (Lipinski definition) is 0. The zero-order valence-corrected chi connectivity index (χ0v) is 18.2. The molecule has 1 fully saturated rings. The molecule has 1 aliphatic rings. The molecule has 0 bridgehead atoms. The molecule has 0 radical (unpaired) electrons. The monoisotopic (exact) mass is 383 g/mol. The van der Waals surface area contributed by atoms with Crippen LogP contribution in [-0.2, 0) is 0 Å². The van der Waals surface area contributed by atoms with E-state index in [1.54, 1.807) is 18.9 Å². The highest BCUT2D eigenvalue weighted by atomic mass is 19.3. The average molecular weight is 384 g/mol. The summed E-state index contributed by atoms with van der Waals surface area (Å²) in [5.41, 5.74) is 2.80. The van der Waals surface area contributed by atoms with E-state index in [-0.39, 0.29) is 18.8 Å². The highest BCUT2D eigenvalue weighted by Gasteiger charge is 2.29. The fourth-order valence-corrected chi connectivity index (χ4v) is 2.44. The van der Waals surface area contributed by atoms with Gasteiger partial charge in [-0.05, 0) is 51.0 Å². The first-order valence-corrected chi connectivity index (χ1v) is 10.3. The molecule has 0 spiro atoms. The maximum Gasteiger partial charge on any atom is 0.248 e. The highest BCUT2D eigenvalue weighted by molar-refractivity contribution is 5.15. The van der Waals surface area contributed by atoms with Gasteiger partial charge in [0.15, 0.2) is 0 Å². The van der Waals surface area contributed by atoms with E-state index in [0.717, 1.165) is 18.4 Å². The molecule has 1 unspecified atom stereocenters. The lowest BCUT2D eigenvalue weighted by atomic mass is 9.93. The molecule has 1 atom stereocenters. The van der Waals surface area contributed by atoms with E-state index < -0.39 is 5.92 Å². The molecular formula is C23H39F2NO. The van der Waals surface area contributed by atoms with E-state index in [1.807, 2.05) is 39.8 Å². The van der Waals surface area contributed by atoms with Crippen molar-refractivity contribution in [3.8, 4) is 5.88 Å². The number of ether oxygens (including phenoxy) is 1. The molecule has 1 aromatic rings. The number of hydrogen-bond acceptors (Lipinski definition) is 2. The van der Waals surface area contributed by atoms with Crippen LogP contribution in [0.15, 0.2) is 30.0 Å². The van der Waals surface area contributed by atoms with Crippen LogP contribution < -0.4 is 4.74 Å². The molecular weight excluding hydrogens is 344 g/mol. The van der Waals surface area contributed by atoms with Gasteiger partial charge in [0, 0.05) is 25.1 Å². The van der Waals surface area contributed by atoms with Gasteiger partial charge in [-0.25, -0.2) is 13.8 Å². The van der Waals surface area contributed by atoms with Crippen LogP contribution in [0, 0.1) is 12.8 Å². The van der Waals surface area contributed by atoms with Gasteiger partial charge in [-0.2, -0.15) is 0 Å². The number of unbranched alkanes of at least 4 members (excludes halogenated alkanes) is 1. The third kappa shape index (κ3) is 13.4. The van der Waals surface area contributed by atoms with Crippen LogP contribution in [0.5, 0.6) is 5.88 Å². The van der Waals surface area contributed by atoms with Gasteiger partial charge < -0.3 is 4.74 Å². The summed E-state index contributed by atoms with van der Waals surface area (Å²) in [4.78, 5) is 3.97. The van der Waals surface area contributed by atoms with Crippen LogP contribution in [-0.4, -0.2) is 18.0 Å². The predicted octanol–water partition coefficient (Wildman–Crippen LogP) is 7.76. The molecule has 2 nitrogen and oxygen atoms in total. The second-order valence-electron chi connectivity index (χ2n) is 7.36. The molecule has 1 heterocycles. The zero-order valence-electron chi connectivity index (χ0n) is 18.2. The molecule has 0 N–H and O–H groups in total. The summed E-state index contributed by atoms with van der Waals surface area (Å²) in [6.45, 7) is 9.90. The third-order valence-corrected chi connectivity index (χ3v) is 4.74. The molecule has 156 valence electrons. The van der Waals surface area contributed by atoms with E-state index in [0.29, 0.717) is 12.3 Å². The summed E-state index contributed by atoms with van der Waals surface area (Å²) in [5.74, 6) is -1.61. The fraction of sp³-hybridized carbons (Fsp3) is 0.696. The Morgan fingerprint density at radius 3 is 2.26 bits per heavy atom. The molecule has 2 rings (SSSR count). The van der Waals surface area contributed by atoms with Crippen molar-refractivity contribution < 1.29 is 13.5 Å². The quantitative estimate of drug-likeness (QED) is 0.449. The smallest absolute Gasteiger partial charge is 0.248 e. The van der Waals surface area contributed by atoms with E-state index >= 15 is 0 Å². The van der Waals surface area contributed by atoms with Gasteiger partial charge in [-0.15, -0.1) is 0 Å². The Labute approximate surface area is 165 Å². The number of allylic oxidation sites excluding steroid dienone is 2. The second-order valence-corrected chi connectivity index (χ2v) is 7.36. The Morgan fingerprint density at radius 2 is 1.93 bits per heavy atom. The van der Waals surface area contributed by atoms with Crippen LogP contribution in [0.25, 0.3) is 0 Å². The number of nitrogens with zero attached hydrogens (tertiary/aromatic N) is 1. The van der Waals surface area contributed by atoms with Crippen LogP contribution in [0.2, 0.25) is 0 Å². The molecule has 0 aromatic carbocycles. The van der Waals surface area contributed by atoms with Gasteiger partial charge in [-0.3, -0.25) is 0 Å². The van der Waals surface area contributed by atoms with Crippen molar-refractivity contribution in [1.82, 2.24) is 4.98 Å². The first-order chi connectivity index (χ1) is 12.8. The number of alkyl halides is 2. The molecule has 0 saturated heterocycles. The minimum absolute atomic E-state index is 0.0590. The lowest BCUT2D eigenvalue weighted by Gasteiger charge is -2.19. The minimum atomic E-state index is -2.43. The molecule has 0 aliphatic heterocycles. The van der Waals surface area contributed by atoms with Gasteiger partial charge >= 0.3 is 0 Å². The van der Waals surface area contributed by atoms with Crippen molar-refractivity contribution in [3.05, 3.63) is 35.5 Å². The summed E-state index contributed by atoms with van der Waals surface area (Å²) >= 11 is 0. The number of methoxy groups -OCH3 is 1. The lowest BCUT2D eigenvalue weighted by Crippen LogP contribution is -2.19. The van der Waals surface area contributed by atoms with Crippen molar-refractivity contribution in [3.63, 3.8) is 0 Å². The van der Waals surface area contributed by atoms with Crippen molar-refractivity contribution >= 4 is 0 Å².